The molecule has 2 saturated heterocycles. The maximum Gasteiger partial charge on any atom is 0.183 e. The monoisotopic (exact) mass is 482 g/mol. The van der Waals surface area contributed by atoms with Crippen molar-refractivity contribution < 1.29 is 16.8 Å². The highest BCUT2D eigenvalue weighted by Gasteiger charge is 2.48. The Morgan fingerprint density at radius 1 is 1.00 bits per heavy atom. The standard InChI is InChI=1S/C22H27ClN2O4S2/c1-2-17-6-8-20(9-7-17)31(28,29)22-16-30(26,27)15-21(22)25-12-10-24(11-13-25)19-5-3-4-18(23)14-19/h3-9,14,21-22H,2,10-13,15-16H2,1H3/t21-,22+/m0/s1. The van der Waals surface area contributed by atoms with Crippen molar-refractivity contribution in [2.24, 2.45) is 0 Å². The van der Waals surface area contributed by atoms with Gasteiger partial charge in [0.25, 0.3) is 0 Å². The van der Waals surface area contributed by atoms with Gasteiger partial charge in [0.05, 0.1) is 21.7 Å². The minimum absolute atomic E-state index is 0.110. The summed E-state index contributed by atoms with van der Waals surface area (Å²) in [4.78, 5) is 4.43. The third-order valence-corrected chi connectivity index (χ3v) is 10.7. The number of piperazine rings is 1. The van der Waals surface area contributed by atoms with Crippen LogP contribution < -0.4 is 4.90 Å². The fraction of sp³-hybridized carbons (Fsp3) is 0.455. The second-order valence-electron chi connectivity index (χ2n) is 8.23. The van der Waals surface area contributed by atoms with Crippen LogP contribution in [0.5, 0.6) is 0 Å². The van der Waals surface area contributed by atoms with E-state index in [0.717, 1.165) is 17.7 Å². The van der Waals surface area contributed by atoms with Crippen LogP contribution in [0.25, 0.3) is 0 Å². The second-order valence-corrected chi connectivity index (χ2v) is 13.0. The van der Waals surface area contributed by atoms with Crippen LogP contribution in [0, 0.1) is 0 Å². The molecule has 9 heteroatoms. The molecule has 0 N–H and O–H groups in total. The van der Waals surface area contributed by atoms with Gasteiger partial charge in [0.2, 0.25) is 0 Å². The van der Waals surface area contributed by atoms with Crippen molar-refractivity contribution in [2.45, 2.75) is 29.5 Å². The van der Waals surface area contributed by atoms with Gasteiger partial charge in [-0.15, -0.1) is 0 Å². The predicted molar refractivity (Wildman–Crippen MR) is 124 cm³/mol. The van der Waals surface area contributed by atoms with Crippen molar-refractivity contribution in [1.82, 2.24) is 4.90 Å². The van der Waals surface area contributed by atoms with Gasteiger partial charge in [-0.05, 0) is 42.3 Å². The number of nitrogens with zero attached hydrogens (tertiary/aromatic N) is 2. The molecule has 2 fully saturated rings. The summed E-state index contributed by atoms with van der Waals surface area (Å²) in [6.45, 7) is 4.59. The first-order chi connectivity index (χ1) is 14.7. The number of rotatable bonds is 5. The molecule has 2 aliphatic rings. The van der Waals surface area contributed by atoms with Crippen molar-refractivity contribution in [3.8, 4) is 0 Å². The van der Waals surface area contributed by atoms with E-state index in [1.54, 1.807) is 24.3 Å². The molecule has 0 amide bonds. The van der Waals surface area contributed by atoms with E-state index in [-0.39, 0.29) is 16.4 Å². The molecule has 0 aromatic heterocycles. The lowest BCUT2D eigenvalue weighted by molar-refractivity contribution is 0.201. The first kappa shape index (κ1) is 22.6. The molecular formula is C22H27ClN2O4S2. The van der Waals surface area contributed by atoms with E-state index in [4.69, 9.17) is 11.6 Å². The summed E-state index contributed by atoms with van der Waals surface area (Å²) in [7, 11) is -7.18. The van der Waals surface area contributed by atoms with E-state index in [1.165, 1.54) is 0 Å². The summed E-state index contributed by atoms with van der Waals surface area (Å²) in [6, 6.07) is 13.9. The predicted octanol–water partition coefficient (Wildman–Crippen LogP) is 2.66. The molecular weight excluding hydrogens is 456 g/mol. The largest absolute Gasteiger partial charge is 0.369 e. The summed E-state index contributed by atoms with van der Waals surface area (Å²) in [5, 5.41) is -0.273. The van der Waals surface area contributed by atoms with Gasteiger partial charge in [0.1, 0.15) is 0 Å². The summed E-state index contributed by atoms with van der Waals surface area (Å²) >= 11 is 6.10. The third-order valence-electron chi connectivity index (χ3n) is 6.29. The highest BCUT2D eigenvalue weighted by Crippen LogP contribution is 2.30. The van der Waals surface area contributed by atoms with Gasteiger partial charge < -0.3 is 4.90 Å². The van der Waals surface area contributed by atoms with Crippen LogP contribution in [-0.2, 0) is 26.1 Å². The number of hydrogen-bond donors (Lipinski definition) is 0. The Morgan fingerprint density at radius 3 is 2.29 bits per heavy atom. The molecule has 0 unspecified atom stereocenters. The number of sulfone groups is 2. The van der Waals surface area contributed by atoms with Crippen LogP contribution in [0.1, 0.15) is 12.5 Å². The van der Waals surface area contributed by atoms with E-state index < -0.39 is 31.0 Å². The van der Waals surface area contributed by atoms with Gasteiger partial charge in [-0.25, -0.2) is 16.8 Å². The molecule has 0 saturated carbocycles. The molecule has 2 aromatic rings. The molecule has 168 valence electrons. The van der Waals surface area contributed by atoms with Crippen molar-refractivity contribution in [1.29, 1.82) is 0 Å². The Bertz CT molecular complexity index is 1140. The van der Waals surface area contributed by atoms with Gasteiger partial charge in [-0.2, -0.15) is 0 Å². The minimum atomic E-state index is -3.76. The average molecular weight is 483 g/mol. The van der Waals surface area contributed by atoms with Crippen molar-refractivity contribution in [3.63, 3.8) is 0 Å². The molecule has 6 nitrogen and oxygen atoms in total. The van der Waals surface area contributed by atoms with Crippen molar-refractivity contribution in [3.05, 3.63) is 59.1 Å². The maximum absolute atomic E-state index is 13.4. The maximum atomic E-state index is 13.4. The SMILES string of the molecule is CCc1ccc(S(=O)(=O)[C@@H]2CS(=O)(=O)C[C@@H]2N2CCN(c3cccc(Cl)c3)CC2)cc1. The normalized spacial score (nSPS) is 24.4. The summed E-state index contributed by atoms with van der Waals surface area (Å²) in [6.07, 6.45) is 0.817. The van der Waals surface area contributed by atoms with Crippen molar-refractivity contribution >= 4 is 37.0 Å². The molecule has 31 heavy (non-hydrogen) atoms. The van der Waals surface area contributed by atoms with Crippen LogP contribution in [0.2, 0.25) is 5.02 Å². The van der Waals surface area contributed by atoms with Gasteiger partial charge in [-0.3, -0.25) is 4.90 Å². The zero-order valence-electron chi connectivity index (χ0n) is 17.4. The first-order valence-electron chi connectivity index (χ1n) is 10.5. The van der Waals surface area contributed by atoms with Gasteiger partial charge in [0.15, 0.2) is 19.7 Å². The number of anilines is 1. The number of aryl methyl sites for hydroxylation is 1. The molecule has 0 aliphatic carbocycles. The molecule has 0 radical (unpaired) electrons. The Labute approximate surface area is 189 Å². The molecule has 0 bridgehead atoms. The third kappa shape index (κ3) is 4.77. The fourth-order valence-electron chi connectivity index (χ4n) is 4.51. The van der Waals surface area contributed by atoms with Crippen LogP contribution >= 0.6 is 11.6 Å². The number of benzene rings is 2. The quantitative estimate of drug-likeness (QED) is 0.652. The first-order valence-corrected chi connectivity index (χ1v) is 14.2. The van der Waals surface area contributed by atoms with Gasteiger partial charge in [0, 0.05) is 42.9 Å². The van der Waals surface area contributed by atoms with Crippen molar-refractivity contribution in [2.75, 3.05) is 42.6 Å². The molecule has 2 atom stereocenters. The summed E-state index contributed by atoms with van der Waals surface area (Å²) < 4.78 is 51.7. The van der Waals surface area contributed by atoms with E-state index in [9.17, 15) is 16.8 Å². The van der Waals surface area contributed by atoms with Gasteiger partial charge in [-0.1, -0.05) is 36.7 Å². The van der Waals surface area contributed by atoms with E-state index in [2.05, 4.69) is 4.90 Å². The topological polar surface area (TPSA) is 74.8 Å². The smallest absolute Gasteiger partial charge is 0.183 e. The van der Waals surface area contributed by atoms with Crippen LogP contribution in [0.4, 0.5) is 5.69 Å². The lowest BCUT2D eigenvalue weighted by atomic mass is 10.1. The second kappa shape index (κ2) is 8.73. The Balaban J connectivity index is 1.54. The minimum Gasteiger partial charge on any atom is -0.369 e. The van der Waals surface area contributed by atoms with E-state index in [0.29, 0.717) is 31.2 Å². The molecule has 0 spiro atoms. The Hall–Kier alpha value is -1.61. The summed E-state index contributed by atoms with van der Waals surface area (Å²) in [5.41, 5.74) is 2.07. The van der Waals surface area contributed by atoms with E-state index in [1.807, 2.05) is 36.1 Å². The van der Waals surface area contributed by atoms with Crippen LogP contribution in [-0.4, -0.2) is 70.7 Å². The van der Waals surface area contributed by atoms with Crippen LogP contribution in [0.3, 0.4) is 0 Å². The lowest BCUT2D eigenvalue weighted by Gasteiger charge is -2.40. The highest BCUT2D eigenvalue weighted by atomic mass is 35.5. The number of halogens is 1. The highest BCUT2D eigenvalue weighted by molar-refractivity contribution is 7.96. The summed E-state index contributed by atoms with van der Waals surface area (Å²) in [5.74, 6) is -0.425. The Kier molecular flexibility index (Phi) is 6.36. The molecule has 2 heterocycles. The van der Waals surface area contributed by atoms with Gasteiger partial charge >= 0.3 is 0 Å². The number of hydrogen-bond acceptors (Lipinski definition) is 6. The molecule has 2 aliphatic heterocycles. The zero-order valence-corrected chi connectivity index (χ0v) is 19.8. The Morgan fingerprint density at radius 2 is 1.68 bits per heavy atom. The molecule has 4 rings (SSSR count). The lowest BCUT2D eigenvalue weighted by Crippen LogP contribution is -2.55. The average Bonchev–Trinajstić information content (AvgIpc) is 3.10. The molecule has 2 aromatic carbocycles. The van der Waals surface area contributed by atoms with Crippen LogP contribution in [0.15, 0.2) is 53.4 Å². The fourth-order valence-corrected chi connectivity index (χ4v) is 9.52. The van der Waals surface area contributed by atoms with E-state index >= 15 is 0 Å². The zero-order chi connectivity index (χ0) is 22.2.